The number of hydrogen-bond donors (Lipinski definition) is 2. The second-order valence-electron chi connectivity index (χ2n) is 5.46. The molecule has 0 spiro atoms. The highest BCUT2D eigenvalue weighted by Gasteiger charge is 2.16. The maximum Gasteiger partial charge on any atom is 0.0897 e. The van der Waals surface area contributed by atoms with Crippen LogP contribution >= 0.6 is 0 Å². The van der Waals surface area contributed by atoms with Gasteiger partial charge in [-0.2, -0.15) is 0 Å². The molecule has 1 fully saturated rings. The van der Waals surface area contributed by atoms with E-state index in [1.54, 1.807) is 0 Å². The van der Waals surface area contributed by atoms with Crippen molar-refractivity contribution in [3.05, 3.63) is 0 Å². The quantitative estimate of drug-likeness (QED) is 0.692. The maximum absolute atomic E-state index is 9.68. The third-order valence-electron chi connectivity index (χ3n) is 3.16. The van der Waals surface area contributed by atoms with Crippen molar-refractivity contribution in [3.8, 4) is 0 Å². The van der Waals surface area contributed by atoms with Crippen molar-refractivity contribution < 1.29 is 9.84 Å². The molecule has 4 heteroatoms. The number of nitrogens with zero attached hydrogens (tertiary/aromatic N) is 1. The zero-order valence-electron chi connectivity index (χ0n) is 11.5. The lowest BCUT2D eigenvalue weighted by Crippen LogP contribution is -2.40. The molecule has 102 valence electrons. The third-order valence-corrected chi connectivity index (χ3v) is 3.16. The molecule has 0 aromatic rings. The van der Waals surface area contributed by atoms with Gasteiger partial charge in [0.25, 0.3) is 0 Å². The van der Waals surface area contributed by atoms with Crippen LogP contribution in [0.1, 0.15) is 26.7 Å². The SMILES string of the molecule is CC(C)OCC(O)CNCC1CCCN(C)C1. The summed E-state index contributed by atoms with van der Waals surface area (Å²) in [4.78, 5) is 2.38. The highest BCUT2D eigenvalue weighted by Crippen LogP contribution is 2.13. The molecule has 1 aliphatic rings. The van der Waals surface area contributed by atoms with Gasteiger partial charge in [0.1, 0.15) is 0 Å². The van der Waals surface area contributed by atoms with Crippen LogP contribution in [0, 0.1) is 5.92 Å². The van der Waals surface area contributed by atoms with Gasteiger partial charge in [-0.1, -0.05) is 0 Å². The van der Waals surface area contributed by atoms with E-state index in [0.717, 1.165) is 12.5 Å². The number of hydrogen-bond acceptors (Lipinski definition) is 4. The molecular formula is C13H28N2O2. The summed E-state index contributed by atoms with van der Waals surface area (Å²) >= 11 is 0. The first kappa shape index (κ1) is 14.9. The summed E-state index contributed by atoms with van der Waals surface area (Å²) in [7, 11) is 2.18. The molecule has 0 aromatic heterocycles. The molecule has 0 aromatic carbocycles. The Morgan fingerprint density at radius 3 is 2.88 bits per heavy atom. The fourth-order valence-corrected chi connectivity index (χ4v) is 2.26. The van der Waals surface area contributed by atoms with Crippen molar-refractivity contribution >= 4 is 0 Å². The fraction of sp³-hybridized carbons (Fsp3) is 1.00. The van der Waals surface area contributed by atoms with Crippen LogP contribution < -0.4 is 5.32 Å². The molecule has 1 aliphatic heterocycles. The lowest BCUT2D eigenvalue weighted by molar-refractivity contribution is 0.00589. The number of piperidine rings is 1. The largest absolute Gasteiger partial charge is 0.389 e. The normalized spacial score (nSPS) is 24.2. The molecule has 1 saturated heterocycles. The standard InChI is InChI=1S/C13H28N2O2/c1-11(2)17-10-13(16)8-14-7-12-5-4-6-15(3)9-12/h11-14,16H,4-10H2,1-3H3. The van der Waals surface area contributed by atoms with Gasteiger partial charge in [-0.3, -0.25) is 0 Å². The van der Waals surface area contributed by atoms with Gasteiger partial charge in [0.2, 0.25) is 0 Å². The summed E-state index contributed by atoms with van der Waals surface area (Å²) in [5, 5.41) is 13.0. The van der Waals surface area contributed by atoms with Crippen molar-refractivity contribution in [1.29, 1.82) is 0 Å². The third kappa shape index (κ3) is 6.99. The van der Waals surface area contributed by atoms with Gasteiger partial charge in [0, 0.05) is 13.1 Å². The summed E-state index contributed by atoms with van der Waals surface area (Å²) in [5.74, 6) is 0.729. The molecule has 1 rings (SSSR count). The first-order valence-corrected chi connectivity index (χ1v) is 6.77. The van der Waals surface area contributed by atoms with E-state index >= 15 is 0 Å². The van der Waals surface area contributed by atoms with Gasteiger partial charge in [0.05, 0.1) is 18.8 Å². The monoisotopic (exact) mass is 244 g/mol. The Morgan fingerprint density at radius 1 is 1.47 bits per heavy atom. The Hall–Kier alpha value is -0.160. The predicted molar refractivity (Wildman–Crippen MR) is 70.2 cm³/mol. The minimum Gasteiger partial charge on any atom is -0.389 e. The summed E-state index contributed by atoms with van der Waals surface area (Å²) in [5.41, 5.74) is 0. The van der Waals surface area contributed by atoms with Gasteiger partial charge in [0.15, 0.2) is 0 Å². The van der Waals surface area contributed by atoms with Crippen LogP contribution in [0.2, 0.25) is 0 Å². The number of rotatable bonds is 7. The summed E-state index contributed by atoms with van der Waals surface area (Å²) < 4.78 is 5.36. The van der Waals surface area contributed by atoms with Crippen LogP contribution in [0.4, 0.5) is 0 Å². The van der Waals surface area contributed by atoms with Crippen LogP contribution in [0.15, 0.2) is 0 Å². The van der Waals surface area contributed by atoms with Gasteiger partial charge in [-0.05, 0) is 52.7 Å². The second kappa shape index (κ2) is 8.03. The molecule has 0 radical (unpaired) electrons. The van der Waals surface area contributed by atoms with E-state index < -0.39 is 6.10 Å². The molecule has 0 amide bonds. The van der Waals surface area contributed by atoms with Crippen LogP contribution in [0.5, 0.6) is 0 Å². The van der Waals surface area contributed by atoms with Crippen molar-refractivity contribution in [1.82, 2.24) is 10.2 Å². The summed E-state index contributed by atoms with van der Waals surface area (Å²) in [6.07, 6.45) is 2.40. The number of aliphatic hydroxyl groups is 1. The van der Waals surface area contributed by atoms with Crippen molar-refractivity contribution in [3.63, 3.8) is 0 Å². The minimum absolute atomic E-state index is 0.191. The fourth-order valence-electron chi connectivity index (χ4n) is 2.26. The molecule has 2 unspecified atom stereocenters. The molecule has 0 bridgehead atoms. The molecule has 1 heterocycles. The highest BCUT2D eigenvalue weighted by molar-refractivity contribution is 4.73. The molecule has 2 N–H and O–H groups in total. The van der Waals surface area contributed by atoms with Crippen LogP contribution in [-0.4, -0.2) is 62.0 Å². The topological polar surface area (TPSA) is 44.7 Å². The van der Waals surface area contributed by atoms with E-state index in [4.69, 9.17) is 4.74 Å². The van der Waals surface area contributed by atoms with E-state index in [0.29, 0.717) is 13.2 Å². The second-order valence-corrected chi connectivity index (χ2v) is 5.46. The maximum atomic E-state index is 9.68. The van der Waals surface area contributed by atoms with Crippen LogP contribution in [0.3, 0.4) is 0 Å². The Morgan fingerprint density at radius 2 is 2.24 bits per heavy atom. The van der Waals surface area contributed by atoms with Crippen molar-refractivity contribution in [2.45, 2.75) is 38.9 Å². The molecule has 0 saturated carbocycles. The first-order valence-electron chi connectivity index (χ1n) is 6.77. The van der Waals surface area contributed by atoms with Crippen LogP contribution in [-0.2, 0) is 4.74 Å². The predicted octanol–water partition coefficient (Wildman–Crippen LogP) is 0.704. The molecule has 2 atom stereocenters. The number of aliphatic hydroxyl groups excluding tert-OH is 1. The zero-order chi connectivity index (χ0) is 12.7. The minimum atomic E-state index is -0.390. The van der Waals surface area contributed by atoms with E-state index in [1.807, 2.05) is 13.8 Å². The Bertz CT molecular complexity index is 200. The first-order chi connectivity index (χ1) is 8.08. The molecule has 4 nitrogen and oxygen atoms in total. The lowest BCUT2D eigenvalue weighted by atomic mass is 9.98. The van der Waals surface area contributed by atoms with Gasteiger partial charge in [-0.25, -0.2) is 0 Å². The molecule has 0 aliphatic carbocycles. The van der Waals surface area contributed by atoms with Crippen molar-refractivity contribution in [2.75, 3.05) is 39.8 Å². The average Bonchev–Trinajstić information content (AvgIpc) is 2.26. The smallest absolute Gasteiger partial charge is 0.0897 e. The summed E-state index contributed by atoms with van der Waals surface area (Å²) in [6, 6.07) is 0. The van der Waals surface area contributed by atoms with Gasteiger partial charge >= 0.3 is 0 Å². The number of likely N-dealkylation sites (tertiary alicyclic amines) is 1. The molecular weight excluding hydrogens is 216 g/mol. The number of nitrogens with one attached hydrogen (secondary N) is 1. The summed E-state index contributed by atoms with van der Waals surface area (Å²) in [6.45, 7) is 8.42. The molecule has 17 heavy (non-hydrogen) atoms. The van der Waals surface area contributed by atoms with Crippen LogP contribution in [0.25, 0.3) is 0 Å². The Labute approximate surface area is 105 Å². The highest BCUT2D eigenvalue weighted by atomic mass is 16.5. The Balaban J connectivity index is 2.02. The Kier molecular flexibility index (Phi) is 7.04. The average molecular weight is 244 g/mol. The van der Waals surface area contributed by atoms with Gasteiger partial charge < -0.3 is 20.1 Å². The lowest BCUT2D eigenvalue weighted by Gasteiger charge is -2.30. The van der Waals surface area contributed by atoms with Gasteiger partial charge in [-0.15, -0.1) is 0 Å². The zero-order valence-corrected chi connectivity index (χ0v) is 11.5. The van der Waals surface area contributed by atoms with E-state index in [2.05, 4.69) is 17.3 Å². The van der Waals surface area contributed by atoms with Crippen molar-refractivity contribution in [2.24, 2.45) is 5.92 Å². The van der Waals surface area contributed by atoms with E-state index in [-0.39, 0.29) is 6.10 Å². The van der Waals surface area contributed by atoms with E-state index in [9.17, 15) is 5.11 Å². The van der Waals surface area contributed by atoms with E-state index in [1.165, 1.54) is 25.9 Å². The number of ether oxygens (including phenoxy) is 1.